The van der Waals surface area contributed by atoms with Crippen LogP contribution in [0.3, 0.4) is 0 Å². The molecule has 1 aromatic heterocycles. The Kier molecular flexibility index (Phi) is 5.24. The van der Waals surface area contributed by atoms with Crippen LogP contribution in [0.15, 0.2) is 60.8 Å². The van der Waals surface area contributed by atoms with Crippen molar-refractivity contribution in [3.63, 3.8) is 0 Å². The lowest BCUT2D eigenvalue weighted by molar-refractivity contribution is -0.118. The summed E-state index contributed by atoms with van der Waals surface area (Å²) >= 11 is 0. The number of anilines is 1. The van der Waals surface area contributed by atoms with E-state index in [2.05, 4.69) is 32.5 Å². The Morgan fingerprint density at radius 3 is 2.68 bits per heavy atom. The van der Waals surface area contributed by atoms with Crippen LogP contribution in [0.25, 0.3) is 11.3 Å². The Bertz CT molecular complexity index is 1050. The third-order valence-electron chi connectivity index (χ3n) is 6.90. The van der Waals surface area contributed by atoms with Crippen molar-refractivity contribution in [3.8, 4) is 17.0 Å². The average Bonchev–Trinajstić information content (AvgIpc) is 3.31. The fourth-order valence-corrected chi connectivity index (χ4v) is 4.92. The molecule has 1 amide bonds. The lowest BCUT2D eigenvalue weighted by atomic mass is 9.90. The van der Waals surface area contributed by atoms with Crippen molar-refractivity contribution in [2.75, 3.05) is 25.5 Å². The molecule has 1 aliphatic heterocycles. The highest BCUT2D eigenvalue weighted by atomic mass is 16.5. The molecule has 0 radical (unpaired) electrons. The number of para-hydroxylation sites is 2. The van der Waals surface area contributed by atoms with E-state index in [0.29, 0.717) is 5.75 Å². The number of hydrogen-bond donors (Lipinski definition) is 2. The van der Waals surface area contributed by atoms with E-state index in [1.165, 1.54) is 11.1 Å². The maximum Gasteiger partial charge on any atom is 0.228 e. The highest BCUT2D eigenvalue weighted by Crippen LogP contribution is 2.59. The smallest absolute Gasteiger partial charge is 0.228 e. The van der Waals surface area contributed by atoms with Crippen LogP contribution in [0.4, 0.5) is 5.69 Å². The van der Waals surface area contributed by atoms with Crippen LogP contribution in [0.1, 0.15) is 24.8 Å². The van der Waals surface area contributed by atoms with Crippen molar-refractivity contribution < 1.29 is 9.53 Å². The van der Waals surface area contributed by atoms with E-state index in [1.54, 1.807) is 7.11 Å². The topological polar surface area (TPSA) is 70.2 Å². The highest BCUT2D eigenvalue weighted by molar-refractivity contribution is 5.96. The van der Waals surface area contributed by atoms with Crippen LogP contribution < -0.4 is 10.1 Å². The quantitative estimate of drug-likeness (QED) is 0.628. The third-order valence-corrected chi connectivity index (χ3v) is 6.90. The molecule has 5 rings (SSSR count). The van der Waals surface area contributed by atoms with Crippen molar-refractivity contribution in [2.24, 2.45) is 11.3 Å². The first-order valence-electron chi connectivity index (χ1n) is 10.9. The van der Waals surface area contributed by atoms with Gasteiger partial charge in [0.2, 0.25) is 5.91 Å². The van der Waals surface area contributed by atoms with E-state index in [0.717, 1.165) is 50.3 Å². The minimum Gasteiger partial charge on any atom is -0.495 e. The van der Waals surface area contributed by atoms with Gasteiger partial charge in [-0.05, 0) is 55.5 Å². The molecular formula is C25H28N4O2. The maximum atomic E-state index is 12.9. The van der Waals surface area contributed by atoms with E-state index >= 15 is 0 Å². The molecule has 1 spiro atoms. The first-order valence-corrected chi connectivity index (χ1v) is 10.9. The first-order chi connectivity index (χ1) is 15.2. The Balaban J connectivity index is 1.18. The van der Waals surface area contributed by atoms with Gasteiger partial charge in [0.25, 0.3) is 0 Å². The van der Waals surface area contributed by atoms with E-state index < -0.39 is 0 Å². The van der Waals surface area contributed by atoms with Gasteiger partial charge in [0.15, 0.2) is 0 Å². The molecule has 2 N–H and O–H groups in total. The summed E-state index contributed by atoms with van der Waals surface area (Å²) in [7, 11) is 1.63. The molecule has 1 saturated carbocycles. The van der Waals surface area contributed by atoms with Gasteiger partial charge in [-0.3, -0.25) is 14.8 Å². The summed E-state index contributed by atoms with van der Waals surface area (Å²) in [5.74, 6) is 0.933. The number of likely N-dealkylation sites (tertiary alicyclic amines) is 1. The fraction of sp³-hybridized carbons (Fsp3) is 0.360. The normalized spacial score (nSPS) is 19.8. The zero-order valence-corrected chi connectivity index (χ0v) is 17.8. The van der Waals surface area contributed by atoms with Crippen molar-refractivity contribution in [1.29, 1.82) is 0 Å². The second-order valence-corrected chi connectivity index (χ2v) is 8.72. The van der Waals surface area contributed by atoms with Crippen LogP contribution in [-0.2, 0) is 11.3 Å². The van der Waals surface area contributed by atoms with Crippen LogP contribution in [0.5, 0.6) is 5.75 Å². The van der Waals surface area contributed by atoms with Crippen LogP contribution in [0, 0.1) is 11.3 Å². The highest BCUT2D eigenvalue weighted by Gasteiger charge is 2.58. The number of H-pyrrole nitrogens is 1. The summed E-state index contributed by atoms with van der Waals surface area (Å²) in [6, 6.07) is 17.9. The van der Waals surface area contributed by atoms with Gasteiger partial charge in [-0.1, -0.05) is 42.5 Å². The van der Waals surface area contributed by atoms with Crippen LogP contribution in [0.2, 0.25) is 0 Å². The number of carbonyl (C=O) groups excluding carboxylic acids is 1. The van der Waals surface area contributed by atoms with Crippen molar-refractivity contribution in [2.45, 2.75) is 25.8 Å². The molecule has 1 atom stereocenters. The van der Waals surface area contributed by atoms with E-state index in [9.17, 15) is 4.79 Å². The molecule has 1 saturated heterocycles. The number of carbonyl (C=O) groups is 1. The molecule has 0 bridgehead atoms. The largest absolute Gasteiger partial charge is 0.495 e. The molecule has 2 aliphatic rings. The van der Waals surface area contributed by atoms with Gasteiger partial charge in [-0.15, -0.1) is 0 Å². The van der Waals surface area contributed by atoms with E-state index in [1.807, 2.05) is 48.7 Å². The van der Waals surface area contributed by atoms with Gasteiger partial charge in [0.05, 0.1) is 24.7 Å². The summed E-state index contributed by atoms with van der Waals surface area (Å²) in [5, 5.41) is 10.5. The number of rotatable bonds is 6. The van der Waals surface area contributed by atoms with Crippen molar-refractivity contribution in [1.82, 2.24) is 15.1 Å². The summed E-state index contributed by atoms with van der Waals surface area (Å²) in [6.07, 6.45) is 5.06. The van der Waals surface area contributed by atoms with Gasteiger partial charge < -0.3 is 10.1 Å². The summed E-state index contributed by atoms with van der Waals surface area (Å²) in [5.41, 5.74) is 4.41. The van der Waals surface area contributed by atoms with Gasteiger partial charge >= 0.3 is 0 Å². The minimum atomic E-state index is 0.105. The number of amides is 1. The number of ether oxygens (including phenoxy) is 1. The molecule has 3 aromatic rings. The Labute approximate surface area is 182 Å². The number of benzene rings is 2. The molecule has 2 heterocycles. The number of piperidine rings is 1. The second-order valence-electron chi connectivity index (χ2n) is 8.72. The van der Waals surface area contributed by atoms with E-state index in [4.69, 9.17) is 4.74 Å². The molecule has 160 valence electrons. The molecular weight excluding hydrogens is 388 g/mol. The zero-order valence-electron chi connectivity index (χ0n) is 17.8. The monoisotopic (exact) mass is 416 g/mol. The minimum absolute atomic E-state index is 0.105. The fourth-order valence-electron chi connectivity index (χ4n) is 4.92. The SMILES string of the molecule is COc1ccccc1NC(=O)C1CC12CCN(Cc1cn[nH]c1-c1ccccc1)CC2. The maximum absolute atomic E-state index is 12.9. The predicted octanol–water partition coefficient (Wildman–Crippen LogP) is 4.33. The second kappa shape index (κ2) is 8.19. The molecule has 1 aliphatic carbocycles. The third kappa shape index (κ3) is 3.95. The van der Waals surface area contributed by atoms with Crippen molar-refractivity contribution >= 4 is 11.6 Å². The Morgan fingerprint density at radius 1 is 1.16 bits per heavy atom. The van der Waals surface area contributed by atoms with Crippen molar-refractivity contribution in [3.05, 3.63) is 66.4 Å². The molecule has 2 fully saturated rings. The Hall–Kier alpha value is -3.12. The van der Waals surface area contributed by atoms with Gasteiger partial charge in [0, 0.05) is 18.0 Å². The van der Waals surface area contributed by atoms with Crippen LogP contribution >= 0.6 is 0 Å². The number of methoxy groups -OCH3 is 1. The van der Waals surface area contributed by atoms with Gasteiger partial charge in [-0.2, -0.15) is 5.10 Å². The molecule has 1 unspecified atom stereocenters. The van der Waals surface area contributed by atoms with E-state index in [-0.39, 0.29) is 17.2 Å². The standard InChI is InChI=1S/C25H28N4O2/c1-31-22-10-6-5-9-21(22)27-24(30)20-15-25(20)11-13-29(14-12-25)17-19-16-26-28-23(19)18-7-3-2-4-8-18/h2-10,16,20H,11-15,17H2,1H3,(H,26,28)(H,27,30). The molecule has 6 heteroatoms. The number of hydrogen-bond acceptors (Lipinski definition) is 4. The lowest BCUT2D eigenvalue weighted by Crippen LogP contribution is -2.35. The summed E-state index contributed by atoms with van der Waals surface area (Å²) < 4.78 is 5.36. The number of nitrogens with one attached hydrogen (secondary N) is 2. The first kappa shape index (κ1) is 19.8. The number of aromatic amines is 1. The summed E-state index contributed by atoms with van der Waals surface area (Å²) in [4.78, 5) is 15.3. The number of nitrogens with zero attached hydrogens (tertiary/aromatic N) is 2. The zero-order chi connectivity index (χ0) is 21.3. The Morgan fingerprint density at radius 2 is 1.90 bits per heavy atom. The summed E-state index contributed by atoms with van der Waals surface area (Å²) in [6.45, 7) is 2.91. The average molecular weight is 417 g/mol. The molecule has 6 nitrogen and oxygen atoms in total. The van der Waals surface area contributed by atoms with Crippen LogP contribution in [-0.4, -0.2) is 41.2 Å². The number of aromatic nitrogens is 2. The van der Waals surface area contributed by atoms with Gasteiger partial charge in [-0.25, -0.2) is 0 Å². The predicted molar refractivity (Wildman–Crippen MR) is 121 cm³/mol. The molecule has 31 heavy (non-hydrogen) atoms. The molecule has 2 aromatic carbocycles. The lowest BCUT2D eigenvalue weighted by Gasteiger charge is -2.32. The van der Waals surface area contributed by atoms with Gasteiger partial charge in [0.1, 0.15) is 5.75 Å².